The first-order chi connectivity index (χ1) is 9.49. The van der Waals surface area contributed by atoms with Crippen LogP contribution < -0.4 is 29.6 Å². The van der Waals surface area contributed by atoms with Gasteiger partial charge in [-0.25, -0.2) is 8.42 Å². The van der Waals surface area contributed by atoms with E-state index >= 15 is 0 Å². The molecule has 0 amide bonds. The molecule has 1 aromatic rings. The zero-order valence-electron chi connectivity index (χ0n) is 13.5. The summed E-state index contributed by atoms with van der Waals surface area (Å²) in [6.07, 6.45) is 8.58. The number of benzene rings is 1. The SMILES string of the molecule is CCCCCc1ccc(S(=O)(=O)[O-])cc1CCCCC.[Na+]. The van der Waals surface area contributed by atoms with Crippen molar-refractivity contribution in [3.05, 3.63) is 29.3 Å². The number of hydrogen-bond acceptors (Lipinski definition) is 3. The molecule has 0 aliphatic heterocycles. The van der Waals surface area contributed by atoms with E-state index in [1.807, 2.05) is 6.07 Å². The van der Waals surface area contributed by atoms with Gasteiger partial charge in [-0.05, 0) is 48.9 Å². The molecule has 0 radical (unpaired) electrons. The van der Waals surface area contributed by atoms with Crippen molar-refractivity contribution in [2.45, 2.75) is 70.1 Å². The van der Waals surface area contributed by atoms with E-state index in [0.717, 1.165) is 50.5 Å². The summed E-state index contributed by atoms with van der Waals surface area (Å²) in [6.45, 7) is 4.30. The minimum Gasteiger partial charge on any atom is -0.744 e. The van der Waals surface area contributed by atoms with Gasteiger partial charge in [-0.2, -0.15) is 0 Å². The van der Waals surface area contributed by atoms with Crippen LogP contribution in [0.25, 0.3) is 0 Å². The van der Waals surface area contributed by atoms with Crippen molar-refractivity contribution in [2.24, 2.45) is 0 Å². The summed E-state index contributed by atoms with van der Waals surface area (Å²) in [5, 5.41) is 0. The Hall–Kier alpha value is 0.130. The van der Waals surface area contributed by atoms with E-state index in [1.54, 1.807) is 6.07 Å². The smallest absolute Gasteiger partial charge is 0.744 e. The van der Waals surface area contributed by atoms with Crippen LogP contribution in [-0.4, -0.2) is 13.0 Å². The van der Waals surface area contributed by atoms with Crippen LogP contribution in [0.15, 0.2) is 23.1 Å². The number of unbranched alkanes of at least 4 members (excludes halogenated alkanes) is 4. The average molecular weight is 320 g/mol. The van der Waals surface area contributed by atoms with Gasteiger partial charge in [0.15, 0.2) is 0 Å². The van der Waals surface area contributed by atoms with Gasteiger partial charge in [-0.1, -0.05) is 45.6 Å². The molecular formula is C16H25NaO3S. The van der Waals surface area contributed by atoms with Crippen molar-refractivity contribution < 1.29 is 42.5 Å². The van der Waals surface area contributed by atoms with Gasteiger partial charge in [-0.15, -0.1) is 0 Å². The third kappa shape index (κ3) is 7.80. The Morgan fingerprint density at radius 2 is 1.43 bits per heavy atom. The Labute approximate surface area is 151 Å². The molecule has 0 atom stereocenters. The van der Waals surface area contributed by atoms with Crippen LogP contribution in [0.5, 0.6) is 0 Å². The zero-order chi connectivity index (χ0) is 15.0. The van der Waals surface area contributed by atoms with Crippen molar-refractivity contribution >= 4 is 10.1 Å². The molecule has 1 aromatic carbocycles. The van der Waals surface area contributed by atoms with Gasteiger partial charge in [0.1, 0.15) is 10.1 Å². The zero-order valence-corrected chi connectivity index (χ0v) is 16.3. The molecule has 0 heterocycles. The molecule has 0 aliphatic rings. The van der Waals surface area contributed by atoms with Crippen LogP contribution in [0.3, 0.4) is 0 Å². The molecule has 5 heteroatoms. The number of hydrogen-bond donors (Lipinski definition) is 0. The van der Waals surface area contributed by atoms with Crippen LogP contribution in [0, 0.1) is 0 Å². The van der Waals surface area contributed by atoms with Gasteiger partial charge in [0, 0.05) is 0 Å². The van der Waals surface area contributed by atoms with E-state index in [4.69, 9.17) is 0 Å². The van der Waals surface area contributed by atoms with Crippen LogP contribution >= 0.6 is 0 Å². The normalized spacial score (nSPS) is 11.2. The second-order valence-corrected chi connectivity index (χ2v) is 6.68. The molecule has 0 saturated heterocycles. The van der Waals surface area contributed by atoms with Crippen molar-refractivity contribution in [1.82, 2.24) is 0 Å². The van der Waals surface area contributed by atoms with E-state index in [1.165, 1.54) is 18.1 Å². The quantitative estimate of drug-likeness (QED) is 0.388. The first kappa shape index (κ1) is 21.1. The van der Waals surface area contributed by atoms with Gasteiger partial charge in [0.2, 0.25) is 0 Å². The first-order valence-corrected chi connectivity index (χ1v) is 8.97. The van der Waals surface area contributed by atoms with Gasteiger partial charge in [-0.3, -0.25) is 0 Å². The number of rotatable bonds is 9. The fourth-order valence-electron chi connectivity index (χ4n) is 2.37. The van der Waals surface area contributed by atoms with Crippen molar-refractivity contribution in [3.8, 4) is 0 Å². The Balaban J connectivity index is 0.00000400. The second-order valence-electron chi connectivity index (χ2n) is 5.30. The topological polar surface area (TPSA) is 57.2 Å². The molecule has 1 rings (SSSR count). The van der Waals surface area contributed by atoms with E-state index < -0.39 is 10.1 Å². The summed E-state index contributed by atoms with van der Waals surface area (Å²) < 4.78 is 33.4. The van der Waals surface area contributed by atoms with E-state index in [9.17, 15) is 13.0 Å². The molecule has 0 fully saturated rings. The maximum Gasteiger partial charge on any atom is 1.00 e. The molecule has 21 heavy (non-hydrogen) atoms. The van der Waals surface area contributed by atoms with Crippen LogP contribution in [0.4, 0.5) is 0 Å². The summed E-state index contributed by atoms with van der Waals surface area (Å²) >= 11 is 0. The summed E-state index contributed by atoms with van der Waals surface area (Å²) in [4.78, 5) is -0.0942. The maximum atomic E-state index is 11.1. The van der Waals surface area contributed by atoms with Crippen LogP contribution in [0.2, 0.25) is 0 Å². The summed E-state index contributed by atoms with van der Waals surface area (Å²) in [7, 11) is -4.35. The van der Waals surface area contributed by atoms with E-state index in [0.29, 0.717) is 0 Å². The molecule has 114 valence electrons. The van der Waals surface area contributed by atoms with Crippen molar-refractivity contribution in [2.75, 3.05) is 0 Å². The second kappa shape index (κ2) is 10.8. The molecule has 0 bridgehead atoms. The molecule has 0 N–H and O–H groups in total. The third-order valence-corrected chi connectivity index (χ3v) is 4.40. The summed E-state index contributed by atoms with van der Waals surface area (Å²) in [6, 6.07) is 4.86. The minimum absolute atomic E-state index is 0. The Morgan fingerprint density at radius 3 is 1.90 bits per heavy atom. The van der Waals surface area contributed by atoms with Gasteiger partial charge in [0.05, 0.1) is 4.90 Å². The Kier molecular flexibility index (Phi) is 10.9. The average Bonchev–Trinajstić information content (AvgIpc) is 2.39. The minimum atomic E-state index is -4.35. The van der Waals surface area contributed by atoms with Gasteiger partial charge >= 0.3 is 29.6 Å². The Morgan fingerprint density at radius 1 is 0.905 bits per heavy atom. The third-order valence-electron chi connectivity index (χ3n) is 3.57. The largest absolute Gasteiger partial charge is 1.00 e. The maximum absolute atomic E-state index is 11.1. The van der Waals surface area contributed by atoms with Gasteiger partial charge < -0.3 is 4.55 Å². The van der Waals surface area contributed by atoms with Gasteiger partial charge in [0.25, 0.3) is 0 Å². The van der Waals surface area contributed by atoms with E-state index in [-0.39, 0.29) is 34.5 Å². The first-order valence-electron chi connectivity index (χ1n) is 7.56. The standard InChI is InChI=1S/C16H26O3S.Na/c1-3-5-7-9-14-11-12-16(20(17,18)19)13-15(14)10-8-6-4-2;/h11-13H,3-10H2,1-2H3,(H,17,18,19);/q;+1/p-1. The molecule has 0 spiro atoms. The van der Waals surface area contributed by atoms with Crippen molar-refractivity contribution in [3.63, 3.8) is 0 Å². The molecule has 3 nitrogen and oxygen atoms in total. The van der Waals surface area contributed by atoms with E-state index in [2.05, 4.69) is 13.8 Å². The molecule has 0 saturated carbocycles. The summed E-state index contributed by atoms with van der Waals surface area (Å²) in [5.74, 6) is 0. The molecule has 0 aromatic heterocycles. The predicted octanol–water partition coefficient (Wildman–Crippen LogP) is 1.06. The summed E-state index contributed by atoms with van der Waals surface area (Å²) in [5.41, 5.74) is 2.23. The van der Waals surface area contributed by atoms with Crippen molar-refractivity contribution in [1.29, 1.82) is 0 Å². The molecule has 0 unspecified atom stereocenters. The fraction of sp³-hybridized carbons (Fsp3) is 0.625. The number of aryl methyl sites for hydroxylation is 2. The van der Waals surface area contributed by atoms with Crippen LogP contribution in [0.1, 0.15) is 63.5 Å². The van der Waals surface area contributed by atoms with Crippen LogP contribution in [-0.2, 0) is 23.0 Å². The molecular weight excluding hydrogens is 295 g/mol. The fourth-order valence-corrected chi connectivity index (χ4v) is 2.89. The molecule has 0 aliphatic carbocycles. The Bertz CT molecular complexity index is 512. The monoisotopic (exact) mass is 320 g/mol. The predicted molar refractivity (Wildman–Crippen MR) is 80.9 cm³/mol.